The van der Waals surface area contributed by atoms with E-state index in [0.717, 1.165) is 0 Å². The Morgan fingerprint density at radius 1 is 1.58 bits per heavy atom. The lowest BCUT2D eigenvalue weighted by atomic mass is 10.0. The summed E-state index contributed by atoms with van der Waals surface area (Å²) in [6, 6.07) is 0. The summed E-state index contributed by atoms with van der Waals surface area (Å²) in [5.41, 5.74) is -0.544. The van der Waals surface area contributed by atoms with E-state index in [2.05, 4.69) is 21.1 Å². The molecule has 0 aromatic heterocycles. The van der Waals surface area contributed by atoms with Crippen LogP contribution in [-0.4, -0.2) is 30.1 Å². The highest BCUT2D eigenvalue weighted by Gasteiger charge is 2.48. The molecule has 68 valence electrons. The Morgan fingerprint density at radius 3 is 2.75 bits per heavy atom. The van der Waals surface area contributed by atoms with Crippen molar-refractivity contribution in [2.24, 2.45) is 5.16 Å². The standard InChI is InChI=1S/C6H8BrNO3S/c7-5-3-6(11-8-5)1-2-12(9,10)4-6/h1-4H2. The highest BCUT2D eigenvalue weighted by molar-refractivity contribution is 9.18. The van der Waals surface area contributed by atoms with Crippen LogP contribution in [0.1, 0.15) is 12.8 Å². The summed E-state index contributed by atoms with van der Waals surface area (Å²) in [5, 5.41) is 3.71. The predicted molar refractivity (Wildman–Crippen MR) is 48.1 cm³/mol. The van der Waals surface area contributed by atoms with Gasteiger partial charge in [-0.3, -0.25) is 0 Å². The highest BCUT2D eigenvalue weighted by Crippen LogP contribution is 2.36. The summed E-state index contributed by atoms with van der Waals surface area (Å²) in [7, 11) is -2.88. The number of halogens is 1. The summed E-state index contributed by atoms with van der Waals surface area (Å²) in [5.74, 6) is 0.335. The first-order chi connectivity index (χ1) is 5.52. The lowest BCUT2D eigenvalue weighted by molar-refractivity contribution is 0.00296. The number of hydrogen-bond donors (Lipinski definition) is 0. The van der Waals surface area contributed by atoms with Crippen LogP contribution >= 0.6 is 15.9 Å². The third-order valence-corrected chi connectivity index (χ3v) is 4.38. The first-order valence-electron chi connectivity index (χ1n) is 3.62. The topological polar surface area (TPSA) is 55.7 Å². The Hall–Kier alpha value is -0.100. The molecule has 12 heavy (non-hydrogen) atoms. The smallest absolute Gasteiger partial charge is 0.158 e. The van der Waals surface area contributed by atoms with E-state index in [4.69, 9.17) is 4.84 Å². The molecule has 1 unspecified atom stereocenters. The van der Waals surface area contributed by atoms with E-state index in [0.29, 0.717) is 17.5 Å². The van der Waals surface area contributed by atoms with Crippen LogP contribution in [-0.2, 0) is 14.7 Å². The van der Waals surface area contributed by atoms with Crippen LogP contribution in [0.4, 0.5) is 0 Å². The average molecular weight is 254 g/mol. The Morgan fingerprint density at radius 2 is 2.33 bits per heavy atom. The van der Waals surface area contributed by atoms with E-state index in [1.54, 1.807) is 0 Å². The highest BCUT2D eigenvalue weighted by atomic mass is 79.9. The molecule has 1 fully saturated rings. The quantitative estimate of drug-likeness (QED) is 0.638. The van der Waals surface area contributed by atoms with E-state index in [-0.39, 0.29) is 11.5 Å². The summed E-state index contributed by atoms with van der Waals surface area (Å²) in [6.07, 6.45) is 1.15. The molecule has 2 aliphatic rings. The van der Waals surface area contributed by atoms with Crippen molar-refractivity contribution in [1.29, 1.82) is 0 Å². The molecule has 2 aliphatic heterocycles. The summed E-state index contributed by atoms with van der Waals surface area (Å²) >= 11 is 3.19. The molecule has 1 spiro atoms. The van der Waals surface area contributed by atoms with E-state index < -0.39 is 15.4 Å². The molecule has 1 saturated heterocycles. The van der Waals surface area contributed by atoms with E-state index >= 15 is 0 Å². The van der Waals surface area contributed by atoms with Crippen molar-refractivity contribution in [2.75, 3.05) is 11.5 Å². The minimum atomic E-state index is -2.88. The maximum absolute atomic E-state index is 11.2. The van der Waals surface area contributed by atoms with Crippen molar-refractivity contribution in [3.05, 3.63) is 0 Å². The molecule has 0 radical (unpaired) electrons. The molecule has 4 nitrogen and oxygen atoms in total. The van der Waals surface area contributed by atoms with Crippen LogP contribution in [0.25, 0.3) is 0 Å². The van der Waals surface area contributed by atoms with Crippen LogP contribution in [0.5, 0.6) is 0 Å². The van der Waals surface area contributed by atoms with Crippen LogP contribution in [0, 0.1) is 0 Å². The number of nitrogens with zero attached hydrogens (tertiary/aromatic N) is 1. The molecule has 0 saturated carbocycles. The second kappa shape index (κ2) is 2.45. The van der Waals surface area contributed by atoms with Gasteiger partial charge in [-0.05, 0) is 15.9 Å². The molecule has 2 heterocycles. The van der Waals surface area contributed by atoms with Gasteiger partial charge in [0.1, 0.15) is 4.62 Å². The third-order valence-electron chi connectivity index (χ3n) is 2.16. The molecule has 1 atom stereocenters. The zero-order valence-corrected chi connectivity index (χ0v) is 8.69. The van der Waals surface area contributed by atoms with E-state index in [1.165, 1.54) is 0 Å². The molecule has 2 rings (SSSR count). The van der Waals surface area contributed by atoms with Gasteiger partial charge >= 0.3 is 0 Å². The van der Waals surface area contributed by atoms with Gasteiger partial charge in [-0.2, -0.15) is 0 Å². The Kier molecular flexibility index (Phi) is 1.73. The van der Waals surface area contributed by atoms with Gasteiger partial charge in [0.25, 0.3) is 0 Å². The van der Waals surface area contributed by atoms with Crippen LogP contribution in [0.3, 0.4) is 0 Å². The van der Waals surface area contributed by atoms with Crippen molar-refractivity contribution in [1.82, 2.24) is 0 Å². The largest absolute Gasteiger partial charge is 0.387 e. The van der Waals surface area contributed by atoms with E-state index in [9.17, 15) is 8.42 Å². The predicted octanol–water partition coefficient (Wildman–Crippen LogP) is 0.672. The van der Waals surface area contributed by atoms with Gasteiger partial charge in [0.2, 0.25) is 0 Å². The minimum absolute atomic E-state index is 0.110. The molecular formula is C6H8BrNO3S. The summed E-state index contributed by atoms with van der Waals surface area (Å²) in [4.78, 5) is 5.11. The van der Waals surface area contributed by atoms with Crippen LogP contribution in [0.2, 0.25) is 0 Å². The lowest BCUT2D eigenvalue weighted by Crippen LogP contribution is -2.29. The average Bonchev–Trinajstić information content (AvgIpc) is 2.41. The fraction of sp³-hybridized carbons (Fsp3) is 0.833. The summed E-state index contributed by atoms with van der Waals surface area (Å²) in [6.45, 7) is 0. The zero-order chi connectivity index (χ0) is 8.82. The molecule has 0 amide bonds. The van der Waals surface area contributed by atoms with Gasteiger partial charge in [-0.15, -0.1) is 0 Å². The van der Waals surface area contributed by atoms with Crippen molar-refractivity contribution >= 4 is 30.4 Å². The molecule has 0 aromatic rings. The second-order valence-corrected chi connectivity index (χ2v) is 6.36. The van der Waals surface area contributed by atoms with Crippen LogP contribution < -0.4 is 0 Å². The SMILES string of the molecule is O=S1(=O)CCC2(CC(Br)=NO2)C1. The molecule has 0 aliphatic carbocycles. The number of oxime groups is 1. The Bertz CT molecular complexity index is 337. The van der Waals surface area contributed by atoms with Gasteiger partial charge in [-0.25, -0.2) is 8.42 Å². The maximum atomic E-state index is 11.2. The van der Waals surface area contributed by atoms with E-state index in [1.807, 2.05) is 0 Å². The maximum Gasteiger partial charge on any atom is 0.158 e. The van der Waals surface area contributed by atoms with Gasteiger partial charge in [0, 0.05) is 12.8 Å². The molecular weight excluding hydrogens is 246 g/mol. The molecule has 0 N–H and O–H groups in total. The van der Waals surface area contributed by atoms with Crippen molar-refractivity contribution in [3.63, 3.8) is 0 Å². The van der Waals surface area contributed by atoms with Crippen molar-refractivity contribution in [2.45, 2.75) is 18.4 Å². The fourth-order valence-corrected chi connectivity index (χ4v) is 4.09. The monoisotopic (exact) mass is 253 g/mol. The molecule has 0 bridgehead atoms. The first-order valence-corrected chi connectivity index (χ1v) is 6.24. The minimum Gasteiger partial charge on any atom is -0.387 e. The first kappa shape index (κ1) is 8.50. The number of sulfone groups is 1. The third kappa shape index (κ3) is 1.37. The summed E-state index contributed by atoms with van der Waals surface area (Å²) < 4.78 is 23.0. The van der Waals surface area contributed by atoms with Gasteiger partial charge in [-0.1, -0.05) is 5.16 Å². The fourth-order valence-electron chi connectivity index (χ4n) is 1.57. The van der Waals surface area contributed by atoms with Gasteiger partial charge < -0.3 is 4.84 Å². The Labute approximate surface area is 79.0 Å². The van der Waals surface area contributed by atoms with Gasteiger partial charge in [0.05, 0.1) is 11.5 Å². The van der Waals surface area contributed by atoms with Crippen LogP contribution in [0.15, 0.2) is 5.16 Å². The Balaban J connectivity index is 2.19. The lowest BCUT2D eigenvalue weighted by Gasteiger charge is -2.16. The zero-order valence-electron chi connectivity index (χ0n) is 6.29. The number of hydrogen-bond acceptors (Lipinski definition) is 4. The normalized spacial score (nSPS) is 38.2. The second-order valence-electron chi connectivity index (χ2n) is 3.26. The van der Waals surface area contributed by atoms with Crippen molar-refractivity contribution in [3.8, 4) is 0 Å². The molecule has 0 aromatic carbocycles. The molecule has 6 heteroatoms. The van der Waals surface area contributed by atoms with Gasteiger partial charge in [0.15, 0.2) is 15.4 Å². The van der Waals surface area contributed by atoms with Crippen molar-refractivity contribution < 1.29 is 13.3 Å². The number of rotatable bonds is 0.